The maximum atomic E-state index is 11.5. The molecule has 96 valence electrons. The summed E-state index contributed by atoms with van der Waals surface area (Å²) in [6.07, 6.45) is 4.50. The second-order valence-electron chi connectivity index (χ2n) is 3.62. The number of urea groups is 1. The first-order valence-electron chi connectivity index (χ1n) is 5.54. The minimum absolute atomic E-state index is 0.0996. The van der Waals surface area contributed by atoms with Crippen LogP contribution in [0.5, 0.6) is 5.75 Å². The number of hydrogen-bond donors (Lipinski definition) is 3. The van der Waals surface area contributed by atoms with Gasteiger partial charge in [0.15, 0.2) is 0 Å². The van der Waals surface area contributed by atoms with Crippen molar-refractivity contribution >= 4 is 17.9 Å². The average molecular weight is 256 g/mol. The summed E-state index contributed by atoms with van der Waals surface area (Å²) in [6, 6.07) is 9.53. The summed E-state index contributed by atoms with van der Waals surface area (Å²) in [5, 5.41) is 15.8. The zero-order valence-corrected chi connectivity index (χ0v) is 9.95. The van der Waals surface area contributed by atoms with E-state index >= 15 is 0 Å². The van der Waals surface area contributed by atoms with E-state index in [1.54, 1.807) is 48.8 Å². The van der Waals surface area contributed by atoms with Gasteiger partial charge in [-0.15, -0.1) is 0 Å². The van der Waals surface area contributed by atoms with Gasteiger partial charge in [-0.1, -0.05) is 12.1 Å². The van der Waals surface area contributed by atoms with Crippen LogP contribution >= 0.6 is 0 Å². The molecule has 3 N–H and O–H groups in total. The number of rotatable bonds is 3. The van der Waals surface area contributed by atoms with Gasteiger partial charge in [-0.05, 0) is 24.3 Å². The molecule has 2 amide bonds. The van der Waals surface area contributed by atoms with Crippen LogP contribution in [-0.2, 0) is 0 Å². The molecule has 0 saturated carbocycles. The van der Waals surface area contributed by atoms with E-state index in [1.807, 2.05) is 0 Å². The van der Waals surface area contributed by atoms with Crippen LogP contribution in [0.3, 0.4) is 0 Å². The first-order valence-corrected chi connectivity index (χ1v) is 5.54. The second-order valence-corrected chi connectivity index (χ2v) is 3.62. The van der Waals surface area contributed by atoms with Crippen LogP contribution in [0.1, 0.15) is 5.56 Å². The van der Waals surface area contributed by atoms with E-state index in [9.17, 15) is 9.90 Å². The Kier molecular flexibility index (Phi) is 4.07. The number of amides is 2. The highest BCUT2D eigenvalue weighted by atomic mass is 16.3. The Balaban J connectivity index is 1.89. The van der Waals surface area contributed by atoms with E-state index in [-0.39, 0.29) is 5.75 Å². The third kappa shape index (κ3) is 3.81. The Morgan fingerprint density at radius 2 is 1.95 bits per heavy atom. The molecule has 0 aliphatic rings. The SMILES string of the molecule is O=C(N/N=C\c1ccccc1O)Nc1ccncc1. The number of pyridine rings is 1. The molecule has 0 aliphatic carbocycles. The van der Waals surface area contributed by atoms with Crippen molar-refractivity contribution in [2.45, 2.75) is 0 Å². The summed E-state index contributed by atoms with van der Waals surface area (Å²) in [5.74, 6) is 0.0996. The van der Waals surface area contributed by atoms with Crippen molar-refractivity contribution in [3.05, 3.63) is 54.4 Å². The van der Waals surface area contributed by atoms with Gasteiger partial charge < -0.3 is 10.4 Å². The van der Waals surface area contributed by atoms with Gasteiger partial charge in [0, 0.05) is 23.6 Å². The van der Waals surface area contributed by atoms with Crippen molar-refractivity contribution < 1.29 is 9.90 Å². The van der Waals surface area contributed by atoms with E-state index in [0.29, 0.717) is 11.3 Å². The van der Waals surface area contributed by atoms with Crippen LogP contribution in [0.15, 0.2) is 53.9 Å². The molecule has 19 heavy (non-hydrogen) atoms. The van der Waals surface area contributed by atoms with Gasteiger partial charge in [0.25, 0.3) is 0 Å². The second kappa shape index (κ2) is 6.15. The first-order chi connectivity index (χ1) is 9.25. The molecule has 0 spiro atoms. The predicted octanol–water partition coefficient (Wildman–Crippen LogP) is 1.94. The molecule has 1 aromatic carbocycles. The van der Waals surface area contributed by atoms with Gasteiger partial charge in [-0.3, -0.25) is 4.98 Å². The summed E-state index contributed by atoms with van der Waals surface area (Å²) in [6.45, 7) is 0. The lowest BCUT2D eigenvalue weighted by Crippen LogP contribution is -2.24. The van der Waals surface area contributed by atoms with E-state index in [2.05, 4.69) is 20.8 Å². The largest absolute Gasteiger partial charge is 0.507 e. The monoisotopic (exact) mass is 256 g/mol. The molecule has 0 saturated heterocycles. The quantitative estimate of drug-likeness (QED) is 0.579. The number of aromatic nitrogens is 1. The Labute approximate surface area is 109 Å². The Morgan fingerprint density at radius 3 is 2.68 bits per heavy atom. The number of benzene rings is 1. The first kappa shape index (κ1) is 12.6. The van der Waals surface area contributed by atoms with Crippen molar-refractivity contribution in [3.8, 4) is 5.75 Å². The molecular weight excluding hydrogens is 244 g/mol. The molecule has 0 bridgehead atoms. The van der Waals surface area contributed by atoms with Crippen molar-refractivity contribution in [3.63, 3.8) is 0 Å². The van der Waals surface area contributed by atoms with Crippen molar-refractivity contribution in [1.82, 2.24) is 10.4 Å². The standard InChI is InChI=1S/C13H12N4O2/c18-12-4-2-1-3-10(12)9-15-17-13(19)16-11-5-7-14-8-6-11/h1-9,18H,(H2,14,16,17,19)/b15-9-. The minimum Gasteiger partial charge on any atom is -0.507 e. The Bertz CT molecular complexity index is 584. The number of para-hydroxylation sites is 1. The number of nitrogens with zero attached hydrogens (tertiary/aromatic N) is 2. The van der Waals surface area contributed by atoms with Gasteiger partial charge >= 0.3 is 6.03 Å². The predicted molar refractivity (Wildman–Crippen MR) is 72.1 cm³/mol. The minimum atomic E-state index is -0.474. The lowest BCUT2D eigenvalue weighted by atomic mass is 10.2. The van der Waals surface area contributed by atoms with Gasteiger partial charge in [0.1, 0.15) is 5.75 Å². The fourth-order valence-corrected chi connectivity index (χ4v) is 1.35. The van der Waals surface area contributed by atoms with Crippen LogP contribution in [0.25, 0.3) is 0 Å². The van der Waals surface area contributed by atoms with E-state index in [0.717, 1.165) is 0 Å². The third-order valence-corrected chi connectivity index (χ3v) is 2.24. The van der Waals surface area contributed by atoms with Crippen LogP contribution < -0.4 is 10.7 Å². The summed E-state index contributed by atoms with van der Waals surface area (Å²) in [5.41, 5.74) is 3.43. The molecule has 0 unspecified atom stereocenters. The van der Waals surface area contributed by atoms with Crippen LogP contribution in [0, 0.1) is 0 Å². The average Bonchev–Trinajstić information content (AvgIpc) is 2.42. The number of phenols is 1. The molecule has 6 heteroatoms. The fraction of sp³-hybridized carbons (Fsp3) is 0. The maximum absolute atomic E-state index is 11.5. The Hall–Kier alpha value is -2.89. The highest BCUT2D eigenvalue weighted by Gasteiger charge is 1.99. The highest BCUT2D eigenvalue weighted by molar-refractivity contribution is 5.90. The molecule has 2 aromatic rings. The smallest absolute Gasteiger partial charge is 0.339 e. The maximum Gasteiger partial charge on any atom is 0.339 e. The molecule has 0 aliphatic heterocycles. The summed E-state index contributed by atoms with van der Waals surface area (Å²) in [7, 11) is 0. The number of carbonyl (C=O) groups is 1. The van der Waals surface area contributed by atoms with Gasteiger partial charge in [-0.25, -0.2) is 10.2 Å². The molecule has 0 fully saturated rings. The molecule has 6 nitrogen and oxygen atoms in total. The number of hydrogen-bond acceptors (Lipinski definition) is 4. The van der Waals surface area contributed by atoms with E-state index in [4.69, 9.17) is 0 Å². The molecule has 1 aromatic heterocycles. The van der Waals surface area contributed by atoms with Gasteiger partial charge in [0.2, 0.25) is 0 Å². The van der Waals surface area contributed by atoms with Gasteiger partial charge in [0.05, 0.1) is 6.21 Å². The molecule has 0 atom stereocenters. The summed E-state index contributed by atoms with van der Waals surface area (Å²) < 4.78 is 0. The number of phenolic OH excluding ortho intramolecular Hbond substituents is 1. The van der Waals surface area contributed by atoms with Crippen LogP contribution in [0.2, 0.25) is 0 Å². The lowest BCUT2D eigenvalue weighted by molar-refractivity contribution is 0.252. The molecule has 0 radical (unpaired) electrons. The molecule has 2 rings (SSSR count). The number of hydrazone groups is 1. The number of carbonyl (C=O) groups excluding carboxylic acids is 1. The van der Waals surface area contributed by atoms with E-state index < -0.39 is 6.03 Å². The van der Waals surface area contributed by atoms with Crippen molar-refractivity contribution in [1.29, 1.82) is 0 Å². The summed E-state index contributed by atoms with van der Waals surface area (Å²) in [4.78, 5) is 15.3. The normalized spacial score (nSPS) is 10.3. The van der Waals surface area contributed by atoms with Gasteiger partial charge in [-0.2, -0.15) is 5.10 Å². The zero-order valence-electron chi connectivity index (χ0n) is 9.95. The number of aromatic hydroxyl groups is 1. The third-order valence-electron chi connectivity index (χ3n) is 2.24. The Morgan fingerprint density at radius 1 is 1.21 bits per heavy atom. The lowest BCUT2D eigenvalue weighted by Gasteiger charge is -2.03. The number of anilines is 1. The topological polar surface area (TPSA) is 86.6 Å². The molecular formula is C13H12N4O2. The van der Waals surface area contributed by atoms with E-state index in [1.165, 1.54) is 6.21 Å². The van der Waals surface area contributed by atoms with Crippen LogP contribution in [-0.4, -0.2) is 22.3 Å². The zero-order chi connectivity index (χ0) is 13.5. The fourth-order valence-electron chi connectivity index (χ4n) is 1.35. The summed E-state index contributed by atoms with van der Waals surface area (Å²) >= 11 is 0. The van der Waals surface area contributed by atoms with Crippen LogP contribution in [0.4, 0.5) is 10.5 Å². The van der Waals surface area contributed by atoms with Crippen molar-refractivity contribution in [2.24, 2.45) is 5.10 Å². The number of nitrogens with one attached hydrogen (secondary N) is 2. The van der Waals surface area contributed by atoms with Crippen molar-refractivity contribution in [2.75, 3.05) is 5.32 Å². The highest BCUT2D eigenvalue weighted by Crippen LogP contribution is 2.12. The molecule has 1 heterocycles.